The van der Waals surface area contributed by atoms with Crippen molar-refractivity contribution in [2.45, 2.75) is 45.8 Å². The van der Waals surface area contributed by atoms with Gasteiger partial charge < -0.3 is 9.64 Å². The molecule has 1 atom stereocenters. The van der Waals surface area contributed by atoms with E-state index in [0.29, 0.717) is 6.04 Å². The Balaban J connectivity index is 1.33. The minimum Gasteiger partial charge on any atom is -0.495 e. The first kappa shape index (κ1) is 20.2. The molecule has 0 N–H and O–H groups in total. The quantitative estimate of drug-likeness (QED) is 0.749. The first-order valence-electron chi connectivity index (χ1n) is 11.0. The molecule has 158 valence electrons. The van der Waals surface area contributed by atoms with Crippen molar-refractivity contribution in [3.05, 3.63) is 41.7 Å². The third-order valence-corrected chi connectivity index (χ3v) is 6.64. The number of aryl methyl sites for hydroxylation is 1. The standard InChI is InChI=1S/C23H35N5O/c1-4-28-19(2)20(16-24-28)17-25-11-7-8-21(18-25)26-12-14-27(15-13-26)22-9-5-6-10-23(22)29-3/h5-6,9-10,16,21H,4,7-8,11-15,17-18H2,1-3H3. The second-order valence-corrected chi connectivity index (χ2v) is 8.30. The molecule has 0 spiro atoms. The van der Waals surface area contributed by atoms with Gasteiger partial charge in [-0.2, -0.15) is 5.10 Å². The van der Waals surface area contributed by atoms with E-state index >= 15 is 0 Å². The van der Waals surface area contributed by atoms with Gasteiger partial charge in [-0.1, -0.05) is 12.1 Å². The molecule has 6 heteroatoms. The first-order valence-corrected chi connectivity index (χ1v) is 11.0. The van der Waals surface area contributed by atoms with E-state index in [1.165, 1.54) is 42.9 Å². The van der Waals surface area contributed by atoms with E-state index in [-0.39, 0.29) is 0 Å². The molecule has 2 fully saturated rings. The molecule has 6 nitrogen and oxygen atoms in total. The van der Waals surface area contributed by atoms with E-state index < -0.39 is 0 Å². The van der Waals surface area contributed by atoms with Crippen LogP contribution in [0.15, 0.2) is 30.5 Å². The third kappa shape index (κ3) is 4.43. The Labute approximate surface area is 175 Å². The van der Waals surface area contributed by atoms with Crippen LogP contribution in [0.5, 0.6) is 5.75 Å². The highest BCUT2D eigenvalue weighted by Crippen LogP contribution is 2.29. The van der Waals surface area contributed by atoms with E-state index in [0.717, 1.165) is 45.0 Å². The van der Waals surface area contributed by atoms with Crippen LogP contribution in [0, 0.1) is 6.92 Å². The number of aromatic nitrogens is 2. The number of para-hydroxylation sites is 2. The highest BCUT2D eigenvalue weighted by molar-refractivity contribution is 5.58. The fraction of sp³-hybridized carbons (Fsp3) is 0.609. The molecule has 0 saturated carbocycles. The number of ether oxygens (including phenoxy) is 1. The average molecular weight is 398 g/mol. The zero-order valence-electron chi connectivity index (χ0n) is 18.2. The number of piperidine rings is 1. The Bertz CT molecular complexity index is 796. The lowest BCUT2D eigenvalue weighted by molar-refractivity contribution is 0.0886. The molecule has 0 aliphatic carbocycles. The second-order valence-electron chi connectivity index (χ2n) is 8.30. The monoisotopic (exact) mass is 397 g/mol. The number of rotatable bonds is 6. The maximum Gasteiger partial charge on any atom is 0.142 e. The predicted molar refractivity (Wildman–Crippen MR) is 118 cm³/mol. The number of hydrogen-bond donors (Lipinski definition) is 0. The number of piperazine rings is 1. The average Bonchev–Trinajstić information content (AvgIpc) is 3.13. The van der Waals surface area contributed by atoms with Crippen molar-refractivity contribution >= 4 is 5.69 Å². The number of methoxy groups -OCH3 is 1. The van der Waals surface area contributed by atoms with Crippen LogP contribution in [-0.2, 0) is 13.1 Å². The van der Waals surface area contributed by atoms with Crippen LogP contribution < -0.4 is 9.64 Å². The van der Waals surface area contributed by atoms with Crippen LogP contribution in [0.4, 0.5) is 5.69 Å². The van der Waals surface area contributed by atoms with Crippen molar-refractivity contribution in [2.24, 2.45) is 0 Å². The zero-order chi connectivity index (χ0) is 20.2. The molecule has 1 aromatic heterocycles. The molecule has 0 amide bonds. The van der Waals surface area contributed by atoms with E-state index in [9.17, 15) is 0 Å². The van der Waals surface area contributed by atoms with Gasteiger partial charge in [-0.3, -0.25) is 14.5 Å². The molecular formula is C23H35N5O. The first-order chi connectivity index (χ1) is 14.2. The summed E-state index contributed by atoms with van der Waals surface area (Å²) >= 11 is 0. The number of nitrogens with zero attached hydrogens (tertiary/aromatic N) is 5. The molecule has 1 unspecified atom stereocenters. The fourth-order valence-electron chi connectivity index (χ4n) is 4.89. The van der Waals surface area contributed by atoms with Crippen LogP contribution in [0.2, 0.25) is 0 Å². The highest BCUT2D eigenvalue weighted by Gasteiger charge is 2.29. The van der Waals surface area contributed by atoms with E-state index in [1.807, 2.05) is 6.07 Å². The summed E-state index contributed by atoms with van der Waals surface area (Å²) in [7, 11) is 1.76. The Morgan fingerprint density at radius 2 is 1.90 bits per heavy atom. The van der Waals surface area contributed by atoms with Gasteiger partial charge in [0.1, 0.15) is 5.75 Å². The molecule has 2 aromatic rings. The summed E-state index contributed by atoms with van der Waals surface area (Å²) in [6, 6.07) is 9.05. The molecule has 0 radical (unpaired) electrons. The van der Waals surface area contributed by atoms with Gasteiger partial charge >= 0.3 is 0 Å². The lowest BCUT2D eigenvalue weighted by Gasteiger charge is -2.44. The number of likely N-dealkylation sites (tertiary alicyclic amines) is 1. The Morgan fingerprint density at radius 3 is 2.62 bits per heavy atom. The van der Waals surface area contributed by atoms with Gasteiger partial charge in [0.25, 0.3) is 0 Å². The molecule has 3 heterocycles. The van der Waals surface area contributed by atoms with Gasteiger partial charge in [-0.15, -0.1) is 0 Å². The molecule has 2 aliphatic heterocycles. The summed E-state index contributed by atoms with van der Waals surface area (Å²) in [5.41, 5.74) is 3.93. The summed E-state index contributed by atoms with van der Waals surface area (Å²) in [5, 5.41) is 4.52. The maximum absolute atomic E-state index is 5.56. The van der Waals surface area contributed by atoms with E-state index in [1.54, 1.807) is 7.11 Å². The van der Waals surface area contributed by atoms with Gasteiger partial charge in [-0.25, -0.2) is 0 Å². The Kier molecular flexibility index (Phi) is 6.40. The van der Waals surface area contributed by atoms with Gasteiger partial charge in [0, 0.05) is 63.1 Å². The summed E-state index contributed by atoms with van der Waals surface area (Å²) in [6.45, 7) is 13.1. The van der Waals surface area contributed by atoms with Gasteiger partial charge in [0.05, 0.1) is 19.0 Å². The van der Waals surface area contributed by atoms with Crippen molar-refractivity contribution in [3.8, 4) is 5.75 Å². The summed E-state index contributed by atoms with van der Waals surface area (Å²) in [5.74, 6) is 0.979. The lowest BCUT2D eigenvalue weighted by atomic mass is 10.0. The summed E-state index contributed by atoms with van der Waals surface area (Å²) in [6.07, 6.45) is 4.67. The van der Waals surface area contributed by atoms with E-state index in [4.69, 9.17) is 4.74 Å². The minimum absolute atomic E-state index is 0.671. The largest absolute Gasteiger partial charge is 0.495 e. The van der Waals surface area contributed by atoms with Gasteiger partial charge in [0.15, 0.2) is 0 Å². The molecule has 4 rings (SSSR count). The number of anilines is 1. The molecule has 2 saturated heterocycles. The molecule has 0 bridgehead atoms. The van der Waals surface area contributed by atoms with Gasteiger partial charge in [-0.05, 0) is 45.4 Å². The number of hydrogen-bond acceptors (Lipinski definition) is 5. The third-order valence-electron chi connectivity index (χ3n) is 6.64. The topological polar surface area (TPSA) is 36.8 Å². The minimum atomic E-state index is 0.671. The maximum atomic E-state index is 5.56. The lowest BCUT2D eigenvalue weighted by Crippen LogP contribution is -2.55. The smallest absolute Gasteiger partial charge is 0.142 e. The Morgan fingerprint density at radius 1 is 1.10 bits per heavy atom. The van der Waals surface area contributed by atoms with Crippen molar-refractivity contribution in [2.75, 3.05) is 51.3 Å². The van der Waals surface area contributed by atoms with Crippen LogP contribution >= 0.6 is 0 Å². The highest BCUT2D eigenvalue weighted by atomic mass is 16.5. The normalized spacial score (nSPS) is 21.5. The number of benzene rings is 1. The van der Waals surface area contributed by atoms with Crippen LogP contribution in [0.1, 0.15) is 31.0 Å². The molecule has 1 aromatic carbocycles. The van der Waals surface area contributed by atoms with Crippen molar-refractivity contribution in [3.63, 3.8) is 0 Å². The fourth-order valence-corrected chi connectivity index (χ4v) is 4.89. The van der Waals surface area contributed by atoms with Crippen molar-refractivity contribution < 1.29 is 4.74 Å². The predicted octanol–water partition coefficient (Wildman–Crippen LogP) is 3.01. The van der Waals surface area contributed by atoms with Crippen LogP contribution in [-0.4, -0.2) is 72.0 Å². The zero-order valence-corrected chi connectivity index (χ0v) is 18.2. The van der Waals surface area contributed by atoms with Crippen LogP contribution in [0.3, 0.4) is 0 Å². The van der Waals surface area contributed by atoms with E-state index in [2.05, 4.69) is 62.7 Å². The second kappa shape index (κ2) is 9.18. The van der Waals surface area contributed by atoms with Crippen molar-refractivity contribution in [1.82, 2.24) is 19.6 Å². The summed E-state index contributed by atoms with van der Waals surface area (Å²) in [4.78, 5) is 7.81. The Hall–Kier alpha value is -2.05. The van der Waals surface area contributed by atoms with Gasteiger partial charge in [0.2, 0.25) is 0 Å². The van der Waals surface area contributed by atoms with Crippen molar-refractivity contribution in [1.29, 1.82) is 0 Å². The van der Waals surface area contributed by atoms with Crippen LogP contribution in [0.25, 0.3) is 0 Å². The molecular weight excluding hydrogens is 362 g/mol. The summed E-state index contributed by atoms with van der Waals surface area (Å²) < 4.78 is 7.67. The molecule has 29 heavy (non-hydrogen) atoms. The molecule has 2 aliphatic rings. The SMILES string of the molecule is CCn1ncc(CN2CCCC(N3CCN(c4ccccc4OC)CC3)C2)c1C.